The maximum Gasteiger partial charge on any atom is 0.192 e. The number of hydrogen-bond acceptors (Lipinski definition) is 4. The van der Waals surface area contributed by atoms with E-state index < -0.39 is 22.2 Å². The van der Waals surface area contributed by atoms with Crippen LogP contribution in [0.25, 0.3) is 0 Å². The summed E-state index contributed by atoms with van der Waals surface area (Å²) in [5.41, 5.74) is 2.91. The van der Waals surface area contributed by atoms with Crippen LogP contribution in [0.2, 0.25) is 36.3 Å². The molecule has 4 aliphatic carbocycles. The number of aliphatic hydroxyl groups is 1. The minimum Gasteiger partial charge on any atom is -0.413 e. The number of allylic oxidation sites excluding steroid dienone is 3. The van der Waals surface area contributed by atoms with Crippen molar-refractivity contribution in [2.45, 2.75) is 206 Å². The summed E-state index contributed by atoms with van der Waals surface area (Å²) in [5, 5.41) is 11.1. The summed E-state index contributed by atoms with van der Waals surface area (Å²) in [7, 11) is -3.86. The van der Waals surface area contributed by atoms with Crippen molar-refractivity contribution in [2.24, 2.45) is 29.1 Å². The predicted molar refractivity (Wildman–Crippen MR) is 209 cm³/mol. The zero-order valence-electron chi connectivity index (χ0n) is 34.1. The average molecular weight is 703 g/mol. The Bertz CT molecular complexity index is 1090. The SMILES string of the molecule is CCC(O)(CC)CCCO[C@H](C)C1CCC2/C(=C\C=C3C[C@@H](O[Si](C)(C)C(C)(C)C)C4(CC4)[C@H](O[Si](C)(C)C(C)(C)C)C3)CCC(C)C21. The summed E-state index contributed by atoms with van der Waals surface area (Å²) < 4.78 is 21.2. The van der Waals surface area contributed by atoms with Gasteiger partial charge in [0.25, 0.3) is 0 Å². The van der Waals surface area contributed by atoms with Crippen LogP contribution in [-0.2, 0) is 13.6 Å². The maximum atomic E-state index is 10.7. The summed E-state index contributed by atoms with van der Waals surface area (Å²) in [5.74, 6) is 2.78. The van der Waals surface area contributed by atoms with Crippen LogP contribution in [0, 0.1) is 29.1 Å². The fourth-order valence-corrected chi connectivity index (χ4v) is 11.7. The van der Waals surface area contributed by atoms with Gasteiger partial charge in [0.05, 0.1) is 23.9 Å². The lowest BCUT2D eigenvalue weighted by Gasteiger charge is -2.49. The van der Waals surface area contributed by atoms with Crippen molar-refractivity contribution in [3.8, 4) is 0 Å². The van der Waals surface area contributed by atoms with E-state index in [0.717, 1.165) is 51.0 Å². The quantitative estimate of drug-likeness (QED) is 0.153. The Morgan fingerprint density at radius 3 is 1.88 bits per heavy atom. The van der Waals surface area contributed by atoms with Crippen LogP contribution in [0.15, 0.2) is 23.3 Å². The van der Waals surface area contributed by atoms with Crippen LogP contribution in [0.1, 0.15) is 146 Å². The maximum absolute atomic E-state index is 10.7. The molecule has 0 amide bonds. The normalized spacial score (nSPS) is 31.3. The lowest BCUT2D eigenvalue weighted by atomic mass is 9.68. The van der Waals surface area contributed by atoms with Crippen LogP contribution in [0.4, 0.5) is 0 Å². The van der Waals surface area contributed by atoms with Gasteiger partial charge in [-0.1, -0.05) is 85.6 Å². The van der Waals surface area contributed by atoms with Crippen LogP contribution in [0.3, 0.4) is 0 Å². The second-order valence-corrected chi connectivity index (χ2v) is 29.5. The molecule has 278 valence electrons. The molecule has 0 bridgehead atoms. The van der Waals surface area contributed by atoms with E-state index in [1.54, 1.807) is 11.1 Å². The third-order valence-electron chi connectivity index (χ3n) is 14.9. The number of rotatable bonds is 13. The van der Waals surface area contributed by atoms with Crippen LogP contribution in [0.5, 0.6) is 0 Å². The predicted octanol–water partition coefficient (Wildman–Crippen LogP) is 12.0. The largest absolute Gasteiger partial charge is 0.413 e. The van der Waals surface area contributed by atoms with Crippen LogP contribution in [-0.4, -0.2) is 52.3 Å². The minimum absolute atomic E-state index is 0.196. The zero-order chi connectivity index (χ0) is 35.9. The summed E-state index contributed by atoms with van der Waals surface area (Å²) in [6.07, 6.45) is 19.1. The molecular formula is C42H78O4Si2. The fraction of sp³-hybridized carbons (Fsp3) is 0.905. The highest BCUT2D eigenvalue weighted by Crippen LogP contribution is 2.62. The van der Waals surface area contributed by atoms with Gasteiger partial charge < -0.3 is 18.7 Å². The Labute approximate surface area is 299 Å². The molecule has 4 fully saturated rings. The number of hydrogen-bond donors (Lipinski definition) is 1. The molecule has 48 heavy (non-hydrogen) atoms. The molecule has 1 N–H and O–H groups in total. The smallest absolute Gasteiger partial charge is 0.192 e. The molecule has 0 aromatic heterocycles. The summed E-state index contributed by atoms with van der Waals surface area (Å²) in [4.78, 5) is 0. The first-order valence-electron chi connectivity index (χ1n) is 20.2. The molecule has 4 aliphatic rings. The van der Waals surface area contributed by atoms with Gasteiger partial charge in [-0.3, -0.25) is 0 Å². The Morgan fingerprint density at radius 2 is 1.40 bits per heavy atom. The molecule has 7 atom stereocenters. The highest BCUT2D eigenvalue weighted by atomic mass is 28.4. The number of fused-ring (bicyclic) bond motifs is 1. The van der Waals surface area contributed by atoms with Gasteiger partial charge in [-0.15, -0.1) is 0 Å². The van der Waals surface area contributed by atoms with Crippen molar-refractivity contribution in [1.82, 2.24) is 0 Å². The summed E-state index contributed by atoms with van der Waals surface area (Å²) >= 11 is 0. The van der Waals surface area contributed by atoms with Gasteiger partial charge in [0.1, 0.15) is 0 Å². The highest BCUT2D eigenvalue weighted by molar-refractivity contribution is 6.74. The molecule has 4 rings (SSSR count). The minimum atomic E-state index is -1.93. The van der Waals surface area contributed by atoms with Gasteiger partial charge in [0.2, 0.25) is 0 Å². The van der Waals surface area contributed by atoms with E-state index in [2.05, 4.69) is 108 Å². The molecule has 0 aromatic rings. The molecule has 0 radical (unpaired) electrons. The molecule has 1 spiro atoms. The van der Waals surface area contributed by atoms with Gasteiger partial charge >= 0.3 is 0 Å². The monoisotopic (exact) mass is 703 g/mol. The van der Waals surface area contributed by atoms with E-state index in [-0.39, 0.29) is 33.8 Å². The van der Waals surface area contributed by atoms with Gasteiger partial charge in [-0.2, -0.15) is 0 Å². The van der Waals surface area contributed by atoms with Crippen molar-refractivity contribution < 1.29 is 18.7 Å². The van der Waals surface area contributed by atoms with E-state index in [4.69, 9.17) is 13.6 Å². The topological polar surface area (TPSA) is 47.9 Å². The van der Waals surface area contributed by atoms with E-state index >= 15 is 0 Å². The molecule has 0 aliphatic heterocycles. The Hall–Kier alpha value is -0.246. The standard InChI is InChI=1S/C42H78O4Si2/c1-15-41(43,16-2)24-17-27-44-31(4)34-22-23-35-33(20-18-30(3)38(34)35)21-19-32-28-36(45-47(11,12)39(5,6)7)42(25-26-42)37(29-32)46-48(13,14)40(8,9)10/h19,21,30-31,34-38,43H,15-18,20,22-29H2,1-14H3/b33-21-/t30?,31-,34?,35?,36-,37-,38?/m1/s1. The Balaban J connectivity index is 1.52. The molecule has 4 unspecified atom stereocenters. The average Bonchev–Trinajstić information content (AvgIpc) is 3.65. The fourth-order valence-electron chi connectivity index (χ4n) is 8.94. The third-order valence-corrected chi connectivity index (χ3v) is 23.9. The first kappa shape index (κ1) is 40.5. The number of ether oxygens (including phenoxy) is 1. The molecule has 6 heteroatoms. The summed E-state index contributed by atoms with van der Waals surface area (Å²) in [6.45, 7) is 33.8. The third kappa shape index (κ3) is 8.85. The van der Waals surface area contributed by atoms with Gasteiger partial charge in [-0.25, -0.2) is 0 Å². The second kappa shape index (κ2) is 15.0. The highest BCUT2D eigenvalue weighted by Gasteiger charge is 2.61. The molecule has 0 saturated heterocycles. The van der Waals surface area contributed by atoms with Gasteiger partial charge in [-0.05, 0) is 144 Å². The molecule has 0 aromatic carbocycles. The Kier molecular flexibility index (Phi) is 12.7. The van der Waals surface area contributed by atoms with Crippen molar-refractivity contribution in [3.63, 3.8) is 0 Å². The van der Waals surface area contributed by atoms with Crippen molar-refractivity contribution in [1.29, 1.82) is 0 Å². The first-order chi connectivity index (χ1) is 22.1. The van der Waals surface area contributed by atoms with E-state index in [9.17, 15) is 5.11 Å². The summed E-state index contributed by atoms with van der Waals surface area (Å²) in [6, 6.07) is 0. The van der Waals surface area contributed by atoms with Crippen molar-refractivity contribution in [3.05, 3.63) is 23.3 Å². The molecular weight excluding hydrogens is 625 g/mol. The van der Waals surface area contributed by atoms with Crippen molar-refractivity contribution in [2.75, 3.05) is 6.61 Å². The lowest BCUT2D eigenvalue weighted by molar-refractivity contribution is -0.0218. The van der Waals surface area contributed by atoms with E-state index in [1.807, 2.05) is 0 Å². The van der Waals surface area contributed by atoms with Gasteiger partial charge in [0.15, 0.2) is 16.6 Å². The first-order valence-corrected chi connectivity index (χ1v) is 26.0. The second-order valence-electron chi connectivity index (χ2n) is 20.0. The Morgan fingerprint density at radius 1 is 0.854 bits per heavy atom. The van der Waals surface area contributed by atoms with Crippen molar-refractivity contribution >= 4 is 16.6 Å². The van der Waals surface area contributed by atoms with Crippen LogP contribution < -0.4 is 0 Å². The molecule has 4 saturated carbocycles. The molecule has 4 nitrogen and oxygen atoms in total. The van der Waals surface area contributed by atoms with Gasteiger partial charge in [0, 0.05) is 12.0 Å². The zero-order valence-corrected chi connectivity index (χ0v) is 36.1. The van der Waals surface area contributed by atoms with E-state index in [0.29, 0.717) is 17.8 Å². The lowest BCUT2D eigenvalue weighted by Crippen LogP contribution is -2.54. The molecule has 0 heterocycles. The van der Waals surface area contributed by atoms with E-state index in [1.165, 1.54) is 38.5 Å². The van der Waals surface area contributed by atoms with Crippen LogP contribution >= 0.6 is 0 Å².